The summed E-state index contributed by atoms with van der Waals surface area (Å²) in [6.07, 6.45) is 7.63. The van der Waals surface area contributed by atoms with Crippen LogP contribution in [0.15, 0.2) is 42.6 Å². The quantitative estimate of drug-likeness (QED) is 0.688. The number of nitrogens with zero attached hydrogens (tertiary/aromatic N) is 4. The minimum Gasteiger partial charge on any atom is -0.347 e. The van der Waals surface area contributed by atoms with Crippen LogP contribution >= 0.6 is 0 Å². The molecule has 5 nitrogen and oxygen atoms in total. The van der Waals surface area contributed by atoms with Gasteiger partial charge in [0.1, 0.15) is 0 Å². The van der Waals surface area contributed by atoms with Crippen LogP contribution in [0.2, 0.25) is 0 Å². The van der Waals surface area contributed by atoms with Crippen molar-refractivity contribution in [3.05, 3.63) is 59.5 Å². The number of hydrogen-bond donors (Lipinski definition) is 0. The SMILES string of the molecule is Cn1c2c(c3ccc(N4CCN(CCc5ccccn5)CC4=O)cc31)CCCC2. The van der Waals surface area contributed by atoms with Crippen molar-refractivity contribution < 1.29 is 4.79 Å². The fourth-order valence-corrected chi connectivity index (χ4v) is 4.92. The molecule has 0 radical (unpaired) electrons. The topological polar surface area (TPSA) is 41.4 Å². The third-order valence-corrected chi connectivity index (χ3v) is 6.53. The van der Waals surface area contributed by atoms with Gasteiger partial charge in [0.05, 0.1) is 12.1 Å². The van der Waals surface area contributed by atoms with E-state index in [4.69, 9.17) is 0 Å². The van der Waals surface area contributed by atoms with E-state index in [9.17, 15) is 4.79 Å². The molecule has 29 heavy (non-hydrogen) atoms. The van der Waals surface area contributed by atoms with Gasteiger partial charge in [-0.25, -0.2) is 0 Å². The van der Waals surface area contributed by atoms with Crippen molar-refractivity contribution >= 4 is 22.5 Å². The molecule has 0 N–H and O–H groups in total. The Morgan fingerprint density at radius 1 is 1.07 bits per heavy atom. The summed E-state index contributed by atoms with van der Waals surface area (Å²) in [6, 6.07) is 12.6. The van der Waals surface area contributed by atoms with Crippen LogP contribution < -0.4 is 4.90 Å². The monoisotopic (exact) mass is 388 g/mol. The molecule has 2 aliphatic rings. The minimum atomic E-state index is 0.190. The first-order chi connectivity index (χ1) is 14.2. The molecule has 5 rings (SSSR count). The maximum Gasteiger partial charge on any atom is 0.241 e. The van der Waals surface area contributed by atoms with Gasteiger partial charge in [-0.3, -0.25) is 14.7 Å². The lowest BCUT2D eigenvalue weighted by molar-refractivity contribution is -0.121. The number of aryl methyl sites for hydroxylation is 2. The maximum absolute atomic E-state index is 12.9. The number of fused-ring (bicyclic) bond motifs is 3. The number of benzene rings is 1. The Balaban J connectivity index is 1.31. The summed E-state index contributed by atoms with van der Waals surface area (Å²) in [5.41, 5.74) is 6.38. The van der Waals surface area contributed by atoms with Gasteiger partial charge in [0.15, 0.2) is 0 Å². The average molecular weight is 389 g/mol. The average Bonchev–Trinajstić information content (AvgIpc) is 3.05. The second kappa shape index (κ2) is 7.64. The zero-order chi connectivity index (χ0) is 19.8. The van der Waals surface area contributed by atoms with Crippen LogP contribution in [-0.4, -0.2) is 46.5 Å². The third-order valence-electron chi connectivity index (χ3n) is 6.53. The van der Waals surface area contributed by atoms with E-state index in [2.05, 4.69) is 39.7 Å². The third kappa shape index (κ3) is 3.44. The minimum absolute atomic E-state index is 0.190. The van der Waals surface area contributed by atoms with Gasteiger partial charge >= 0.3 is 0 Å². The van der Waals surface area contributed by atoms with Crippen LogP contribution in [0.5, 0.6) is 0 Å². The lowest BCUT2D eigenvalue weighted by Gasteiger charge is -2.34. The van der Waals surface area contributed by atoms with Crippen molar-refractivity contribution in [2.24, 2.45) is 7.05 Å². The van der Waals surface area contributed by atoms with E-state index >= 15 is 0 Å². The van der Waals surface area contributed by atoms with Crippen molar-refractivity contribution in [1.82, 2.24) is 14.5 Å². The Kier molecular flexibility index (Phi) is 4.84. The molecule has 2 aromatic heterocycles. The highest BCUT2D eigenvalue weighted by Crippen LogP contribution is 2.33. The Labute approximate surface area is 171 Å². The Morgan fingerprint density at radius 2 is 1.97 bits per heavy atom. The highest BCUT2D eigenvalue weighted by Gasteiger charge is 2.26. The molecule has 0 saturated carbocycles. The van der Waals surface area contributed by atoms with E-state index < -0.39 is 0 Å². The molecule has 150 valence electrons. The summed E-state index contributed by atoms with van der Waals surface area (Å²) in [5, 5.41) is 1.37. The van der Waals surface area contributed by atoms with E-state index in [1.54, 1.807) is 0 Å². The van der Waals surface area contributed by atoms with E-state index in [1.165, 1.54) is 47.8 Å². The number of carbonyl (C=O) groups excluding carboxylic acids is 1. The second-order valence-electron chi connectivity index (χ2n) is 8.29. The zero-order valence-corrected chi connectivity index (χ0v) is 17.1. The normalized spacial score (nSPS) is 17.7. The maximum atomic E-state index is 12.9. The molecular weight excluding hydrogens is 360 g/mol. The first kappa shape index (κ1) is 18.4. The number of carbonyl (C=O) groups is 1. The molecule has 1 amide bonds. The summed E-state index contributed by atoms with van der Waals surface area (Å²) in [6.45, 7) is 3.01. The van der Waals surface area contributed by atoms with Crippen molar-refractivity contribution in [1.29, 1.82) is 0 Å². The number of aromatic nitrogens is 2. The summed E-state index contributed by atoms with van der Waals surface area (Å²) < 4.78 is 2.35. The number of rotatable bonds is 4. The van der Waals surface area contributed by atoms with Gasteiger partial charge < -0.3 is 9.47 Å². The molecular formula is C24H28N4O. The van der Waals surface area contributed by atoms with E-state index in [0.717, 1.165) is 37.4 Å². The Hall–Kier alpha value is -2.66. The largest absolute Gasteiger partial charge is 0.347 e. The van der Waals surface area contributed by atoms with Crippen molar-refractivity contribution in [3.8, 4) is 0 Å². The van der Waals surface area contributed by atoms with Crippen LogP contribution in [-0.2, 0) is 31.1 Å². The van der Waals surface area contributed by atoms with Crippen molar-refractivity contribution in [2.75, 3.05) is 31.1 Å². The molecule has 0 atom stereocenters. The lowest BCUT2D eigenvalue weighted by Crippen LogP contribution is -2.50. The number of pyridine rings is 1. The van der Waals surface area contributed by atoms with Crippen LogP contribution in [0.4, 0.5) is 5.69 Å². The molecule has 1 aromatic carbocycles. The van der Waals surface area contributed by atoms with Crippen LogP contribution in [0.25, 0.3) is 10.9 Å². The fraction of sp³-hybridized carbons (Fsp3) is 0.417. The van der Waals surface area contributed by atoms with Crippen molar-refractivity contribution in [3.63, 3.8) is 0 Å². The van der Waals surface area contributed by atoms with Gasteiger partial charge in [-0.1, -0.05) is 12.1 Å². The number of hydrogen-bond acceptors (Lipinski definition) is 3. The predicted molar refractivity (Wildman–Crippen MR) is 116 cm³/mol. The summed E-state index contributed by atoms with van der Waals surface area (Å²) in [5.74, 6) is 0.190. The Morgan fingerprint density at radius 3 is 2.79 bits per heavy atom. The molecule has 0 bridgehead atoms. The molecule has 0 unspecified atom stereocenters. The van der Waals surface area contributed by atoms with Crippen LogP contribution in [0, 0.1) is 0 Å². The predicted octanol–water partition coefficient (Wildman–Crippen LogP) is 3.34. The first-order valence-corrected chi connectivity index (χ1v) is 10.7. The summed E-state index contributed by atoms with van der Waals surface area (Å²) in [4.78, 5) is 21.5. The van der Waals surface area contributed by atoms with Gasteiger partial charge in [-0.05, 0) is 55.5 Å². The zero-order valence-electron chi connectivity index (χ0n) is 17.1. The first-order valence-electron chi connectivity index (χ1n) is 10.7. The van der Waals surface area contributed by atoms with Crippen LogP contribution in [0.3, 0.4) is 0 Å². The summed E-state index contributed by atoms with van der Waals surface area (Å²) in [7, 11) is 2.17. The number of amides is 1. The lowest BCUT2D eigenvalue weighted by atomic mass is 9.95. The van der Waals surface area contributed by atoms with Gasteiger partial charge in [0, 0.05) is 61.8 Å². The van der Waals surface area contributed by atoms with E-state index in [-0.39, 0.29) is 5.91 Å². The smallest absolute Gasteiger partial charge is 0.241 e. The number of anilines is 1. The van der Waals surface area contributed by atoms with Crippen molar-refractivity contribution in [2.45, 2.75) is 32.1 Å². The molecule has 1 aliphatic carbocycles. The Bertz CT molecular complexity index is 1040. The van der Waals surface area contributed by atoms with E-state index in [0.29, 0.717) is 6.54 Å². The fourth-order valence-electron chi connectivity index (χ4n) is 4.92. The molecule has 5 heteroatoms. The molecule has 0 spiro atoms. The van der Waals surface area contributed by atoms with Crippen LogP contribution in [0.1, 0.15) is 29.8 Å². The molecule has 1 saturated heterocycles. The number of piperazine rings is 1. The molecule has 1 fully saturated rings. The van der Waals surface area contributed by atoms with Gasteiger partial charge in [0.25, 0.3) is 0 Å². The second-order valence-corrected chi connectivity index (χ2v) is 8.29. The molecule has 3 aromatic rings. The van der Waals surface area contributed by atoms with E-state index in [1.807, 2.05) is 29.3 Å². The summed E-state index contributed by atoms with van der Waals surface area (Å²) >= 11 is 0. The standard InChI is InChI=1S/C24H28N4O/c1-26-22-8-3-2-7-20(22)21-10-9-19(16-23(21)26)28-15-14-27(17-24(28)29)13-11-18-6-4-5-12-25-18/h4-6,9-10,12,16H,2-3,7-8,11,13-15,17H2,1H3. The highest BCUT2D eigenvalue weighted by atomic mass is 16.2. The molecule has 3 heterocycles. The van der Waals surface area contributed by atoms with Gasteiger partial charge in [0.2, 0.25) is 5.91 Å². The van der Waals surface area contributed by atoms with Gasteiger partial charge in [-0.2, -0.15) is 0 Å². The molecule has 1 aliphatic heterocycles. The highest BCUT2D eigenvalue weighted by molar-refractivity contribution is 5.98. The van der Waals surface area contributed by atoms with Gasteiger partial charge in [-0.15, -0.1) is 0 Å².